The Morgan fingerprint density at radius 3 is 2.20 bits per heavy atom. The van der Waals surface area contributed by atoms with Gasteiger partial charge in [0.1, 0.15) is 5.71 Å². The lowest BCUT2D eigenvalue weighted by atomic mass is 10.0. The third-order valence-corrected chi connectivity index (χ3v) is 3.54. The largest absolute Gasteiger partial charge is 0.323 e. The summed E-state index contributed by atoms with van der Waals surface area (Å²) in [5, 5.41) is 3.65. The monoisotopic (exact) mass is 265 g/mol. The van der Waals surface area contributed by atoms with Crippen molar-refractivity contribution in [3.8, 4) is 0 Å². The molecule has 20 heavy (non-hydrogen) atoms. The van der Waals surface area contributed by atoms with Crippen molar-refractivity contribution in [1.82, 2.24) is 0 Å². The first kappa shape index (κ1) is 12.4. The first-order valence-electron chi connectivity index (χ1n) is 6.51. The van der Waals surface area contributed by atoms with Gasteiger partial charge in [0.15, 0.2) is 0 Å². The van der Waals surface area contributed by atoms with E-state index >= 15 is 0 Å². The fourth-order valence-corrected chi connectivity index (χ4v) is 2.58. The summed E-state index contributed by atoms with van der Waals surface area (Å²) in [6, 6.07) is 19.5. The van der Waals surface area contributed by atoms with Crippen LogP contribution in [-0.4, -0.2) is 11.6 Å². The molecule has 100 valence electrons. The molecular formula is C16H15N3O. The van der Waals surface area contributed by atoms with Crippen molar-refractivity contribution in [2.45, 2.75) is 12.5 Å². The summed E-state index contributed by atoms with van der Waals surface area (Å²) in [4.78, 5) is 14.2. The van der Waals surface area contributed by atoms with Gasteiger partial charge in [0.05, 0.1) is 6.04 Å². The Morgan fingerprint density at radius 1 is 1.00 bits per heavy atom. The van der Waals surface area contributed by atoms with E-state index in [1.807, 2.05) is 60.7 Å². The minimum Gasteiger partial charge on any atom is -0.323 e. The molecule has 0 unspecified atom stereocenters. The zero-order valence-corrected chi connectivity index (χ0v) is 10.9. The van der Waals surface area contributed by atoms with Gasteiger partial charge < -0.3 is 5.84 Å². The number of amides is 1. The van der Waals surface area contributed by atoms with Gasteiger partial charge in [0.2, 0.25) is 0 Å². The van der Waals surface area contributed by atoms with Gasteiger partial charge in [0.25, 0.3) is 5.91 Å². The van der Waals surface area contributed by atoms with Crippen LogP contribution in [0.15, 0.2) is 65.8 Å². The Kier molecular flexibility index (Phi) is 3.21. The molecule has 0 spiro atoms. The molecule has 1 aliphatic rings. The molecule has 1 saturated heterocycles. The van der Waals surface area contributed by atoms with Crippen LogP contribution < -0.4 is 10.7 Å². The quantitative estimate of drug-likeness (QED) is 0.670. The van der Waals surface area contributed by atoms with E-state index in [4.69, 9.17) is 5.84 Å². The smallest absolute Gasteiger partial charge is 0.275 e. The van der Waals surface area contributed by atoms with Crippen LogP contribution in [0, 0.1) is 0 Å². The SMILES string of the molecule is N/N=C1\C[C@@H](c2ccccc2)N(c2ccccc2)C1=O. The second-order valence-corrected chi connectivity index (χ2v) is 4.72. The molecule has 0 aliphatic carbocycles. The molecule has 2 aromatic rings. The number of carbonyl (C=O) groups is 1. The molecule has 0 aromatic heterocycles. The lowest BCUT2D eigenvalue weighted by Crippen LogP contribution is -2.29. The fourth-order valence-electron chi connectivity index (χ4n) is 2.58. The van der Waals surface area contributed by atoms with Gasteiger partial charge in [-0.15, -0.1) is 0 Å². The van der Waals surface area contributed by atoms with Crippen molar-refractivity contribution < 1.29 is 4.79 Å². The number of nitrogens with two attached hydrogens (primary N) is 1. The number of hydrazone groups is 1. The van der Waals surface area contributed by atoms with Crippen LogP contribution in [0.5, 0.6) is 0 Å². The van der Waals surface area contributed by atoms with Crippen LogP contribution in [0.4, 0.5) is 5.69 Å². The molecule has 1 amide bonds. The van der Waals surface area contributed by atoms with Crippen molar-refractivity contribution in [3.63, 3.8) is 0 Å². The predicted octanol–water partition coefficient (Wildman–Crippen LogP) is 2.48. The number of benzene rings is 2. The second-order valence-electron chi connectivity index (χ2n) is 4.72. The van der Waals surface area contributed by atoms with Gasteiger partial charge in [0, 0.05) is 12.1 Å². The molecule has 1 heterocycles. The van der Waals surface area contributed by atoms with E-state index in [0.29, 0.717) is 12.1 Å². The van der Waals surface area contributed by atoms with Gasteiger partial charge in [-0.05, 0) is 17.7 Å². The van der Waals surface area contributed by atoms with E-state index in [0.717, 1.165) is 11.3 Å². The molecule has 2 N–H and O–H groups in total. The van der Waals surface area contributed by atoms with E-state index in [9.17, 15) is 4.79 Å². The molecule has 1 fully saturated rings. The zero-order valence-electron chi connectivity index (χ0n) is 10.9. The molecule has 4 nitrogen and oxygen atoms in total. The molecule has 1 aliphatic heterocycles. The average molecular weight is 265 g/mol. The normalized spacial score (nSPS) is 20.6. The number of hydrogen-bond acceptors (Lipinski definition) is 3. The van der Waals surface area contributed by atoms with E-state index in [2.05, 4.69) is 5.10 Å². The third kappa shape index (κ3) is 2.05. The number of hydrogen-bond donors (Lipinski definition) is 1. The van der Waals surface area contributed by atoms with Crippen LogP contribution in [-0.2, 0) is 4.79 Å². The van der Waals surface area contributed by atoms with Crippen molar-refractivity contribution in [2.75, 3.05) is 4.90 Å². The summed E-state index contributed by atoms with van der Waals surface area (Å²) in [6.45, 7) is 0. The molecular weight excluding hydrogens is 250 g/mol. The van der Waals surface area contributed by atoms with Crippen LogP contribution in [0.3, 0.4) is 0 Å². The van der Waals surface area contributed by atoms with E-state index in [1.54, 1.807) is 4.90 Å². The molecule has 1 atom stereocenters. The average Bonchev–Trinajstić information content (AvgIpc) is 2.86. The van der Waals surface area contributed by atoms with E-state index < -0.39 is 0 Å². The van der Waals surface area contributed by atoms with Crippen LogP contribution >= 0.6 is 0 Å². The highest BCUT2D eigenvalue weighted by Crippen LogP contribution is 2.35. The summed E-state index contributed by atoms with van der Waals surface area (Å²) < 4.78 is 0. The molecule has 0 radical (unpaired) electrons. The number of para-hydroxylation sites is 1. The number of anilines is 1. The number of rotatable bonds is 2. The minimum atomic E-state index is -0.118. The highest BCUT2D eigenvalue weighted by atomic mass is 16.2. The predicted molar refractivity (Wildman–Crippen MR) is 79.4 cm³/mol. The Hall–Kier alpha value is -2.62. The Balaban J connectivity index is 2.06. The molecule has 4 heteroatoms. The van der Waals surface area contributed by atoms with E-state index in [-0.39, 0.29) is 11.9 Å². The Bertz CT molecular complexity index is 637. The minimum absolute atomic E-state index is 0.0478. The van der Waals surface area contributed by atoms with E-state index in [1.165, 1.54) is 0 Å². The lowest BCUT2D eigenvalue weighted by Gasteiger charge is -2.24. The molecule has 2 aromatic carbocycles. The summed E-state index contributed by atoms with van der Waals surface area (Å²) in [6.07, 6.45) is 0.536. The van der Waals surface area contributed by atoms with Gasteiger partial charge in [-0.2, -0.15) is 5.10 Å². The fraction of sp³-hybridized carbons (Fsp3) is 0.125. The van der Waals surface area contributed by atoms with Crippen molar-refractivity contribution in [1.29, 1.82) is 0 Å². The topological polar surface area (TPSA) is 58.7 Å². The Labute approximate surface area is 117 Å². The highest BCUT2D eigenvalue weighted by molar-refractivity contribution is 6.46. The van der Waals surface area contributed by atoms with Gasteiger partial charge in [-0.25, -0.2) is 0 Å². The van der Waals surface area contributed by atoms with Crippen molar-refractivity contribution in [2.24, 2.45) is 10.9 Å². The van der Waals surface area contributed by atoms with Crippen molar-refractivity contribution in [3.05, 3.63) is 66.2 Å². The lowest BCUT2D eigenvalue weighted by molar-refractivity contribution is -0.112. The van der Waals surface area contributed by atoms with Crippen LogP contribution in [0.1, 0.15) is 18.0 Å². The molecule has 0 bridgehead atoms. The maximum absolute atomic E-state index is 12.4. The first-order chi connectivity index (χ1) is 9.81. The van der Waals surface area contributed by atoms with Crippen LogP contribution in [0.2, 0.25) is 0 Å². The maximum atomic E-state index is 12.4. The zero-order chi connectivity index (χ0) is 13.9. The van der Waals surface area contributed by atoms with Crippen LogP contribution in [0.25, 0.3) is 0 Å². The highest BCUT2D eigenvalue weighted by Gasteiger charge is 2.38. The van der Waals surface area contributed by atoms with Gasteiger partial charge >= 0.3 is 0 Å². The number of nitrogens with zero attached hydrogens (tertiary/aromatic N) is 2. The second kappa shape index (κ2) is 5.17. The summed E-state index contributed by atoms with van der Waals surface area (Å²) in [7, 11) is 0. The number of carbonyl (C=O) groups excluding carboxylic acids is 1. The van der Waals surface area contributed by atoms with Crippen molar-refractivity contribution >= 4 is 17.3 Å². The van der Waals surface area contributed by atoms with Gasteiger partial charge in [-0.1, -0.05) is 48.5 Å². The summed E-state index contributed by atoms with van der Waals surface area (Å²) in [5.74, 6) is 5.23. The first-order valence-corrected chi connectivity index (χ1v) is 6.51. The summed E-state index contributed by atoms with van der Waals surface area (Å²) in [5.41, 5.74) is 2.37. The molecule has 3 rings (SSSR count). The maximum Gasteiger partial charge on any atom is 0.275 e. The Morgan fingerprint density at radius 2 is 1.60 bits per heavy atom. The van der Waals surface area contributed by atoms with Gasteiger partial charge in [-0.3, -0.25) is 9.69 Å². The summed E-state index contributed by atoms with van der Waals surface area (Å²) >= 11 is 0. The standard InChI is InChI=1S/C16H15N3O/c17-18-14-11-15(12-7-3-1-4-8-12)19(16(14)20)13-9-5-2-6-10-13/h1-10,15H,11,17H2/b18-14+/t15-/m0/s1. The molecule has 0 saturated carbocycles. The third-order valence-electron chi connectivity index (χ3n) is 3.54.